The molecule has 1 unspecified atom stereocenters. The van der Waals surface area contributed by atoms with E-state index in [2.05, 4.69) is 57.5 Å². The third-order valence-corrected chi connectivity index (χ3v) is 14.2. The Bertz CT molecular complexity index is 952. The number of methoxy groups -OCH3 is 1. The van der Waals surface area contributed by atoms with Gasteiger partial charge in [0.1, 0.15) is 10.6 Å². The van der Waals surface area contributed by atoms with Crippen LogP contribution in [0.15, 0.2) is 16.5 Å². The smallest absolute Gasteiger partial charge is 0.324 e. The second-order valence-corrected chi connectivity index (χ2v) is 16.1. The van der Waals surface area contributed by atoms with E-state index < -0.39 is 24.7 Å². The normalized spacial score (nSPS) is 13.2. The van der Waals surface area contributed by atoms with Gasteiger partial charge in [0.05, 0.1) is 19.4 Å². The van der Waals surface area contributed by atoms with Gasteiger partial charge in [-0.3, -0.25) is 4.79 Å². The van der Waals surface area contributed by atoms with Crippen molar-refractivity contribution in [3.8, 4) is 5.75 Å². The highest BCUT2D eigenvalue weighted by atomic mass is 79.9. The summed E-state index contributed by atoms with van der Waals surface area (Å²) < 4.78 is 31.7. The number of oxazole rings is 1. The minimum absolute atomic E-state index is 0.0227. The van der Waals surface area contributed by atoms with Crippen LogP contribution < -0.4 is 10.3 Å². The molecular formula is C25H37BrFNO4Si. The number of halogens is 2. The number of aromatic nitrogens is 1. The number of aryl methyl sites for hydroxylation is 1. The van der Waals surface area contributed by atoms with Crippen LogP contribution in [0, 0.1) is 12.7 Å². The zero-order valence-corrected chi connectivity index (χ0v) is 23.8. The topological polar surface area (TPSA) is 61.6 Å². The van der Waals surface area contributed by atoms with E-state index in [-0.39, 0.29) is 12.4 Å². The lowest BCUT2D eigenvalue weighted by Gasteiger charge is -2.39. The van der Waals surface area contributed by atoms with Crippen LogP contribution in [-0.2, 0) is 16.0 Å². The Morgan fingerprint density at radius 3 is 2.21 bits per heavy atom. The van der Waals surface area contributed by atoms with Crippen LogP contribution in [0.4, 0.5) is 4.39 Å². The summed E-state index contributed by atoms with van der Waals surface area (Å²) in [6, 6.07) is 3.19. The molecule has 2 aromatic rings. The minimum Gasteiger partial charge on any atom is -0.493 e. The van der Waals surface area contributed by atoms with Crippen molar-refractivity contribution < 1.29 is 23.1 Å². The number of ether oxygens (including phenoxy) is 2. The van der Waals surface area contributed by atoms with Gasteiger partial charge in [0.25, 0.3) is 0 Å². The first-order valence-corrected chi connectivity index (χ1v) is 14.7. The molecule has 0 fully saturated rings. The van der Waals surface area contributed by atoms with Crippen molar-refractivity contribution in [1.29, 1.82) is 0 Å². The number of esters is 1. The Balaban J connectivity index is 2.52. The van der Waals surface area contributed by atoms with Crippen LogP contribution in [0.25, 0.3) is 0 Å². The molecule has 184 valence electrons. The van der Waals surface area contributed by atoms with Crippen molar-refractivity contribution in [3.05, 3.63) is 40.5 Å². The number of nitrogens with zero attached hydrogens (tertiary/aromatic N) is 1. The molecule has 0 radical (unpaired) electrons. The first-order valence-electron chi connectivity index (χ1n) is 11.5. The summed E-state index contributed by atoms with van der Waals surface area (Å²) in [5.74, 6) is -0.283. The van der Waals surface area contributed by atoms with E-state index in [9.17, 15) is 9.18 Å². The summed E-state index contributed by atoms with van der Waals surface area (Å²) in [6.07, 6.45) is 0.369. The molecule has 0 aliphatic heterocycles. The fourth-order valence-electron chi connectivity index (χ4n) is 5.22. The number of hydrogen-bond donors (Lipinski definition) is 0. The standard InChI is InChI=1S/C25H37BrFNO4Si/c1-10-31-24(29)22(26)19-11-18(12-20(27)23(19)30-9)13-21-17(8)28-25(32-21)33(14(2)3,15(4)5)16(6)7/h11-12,14-16,22H,10,13H2,1-9H3. The van der Waals surface area contributed by atoms with E-state index in [1.165, 1.54) is 13.2 Å². The lowest BCUT2D eigenvalue weighted by Crippen LogP contribution is -2.56. The molecule has 0 aliphatic carbocycles. The van der Waals surface area contributed by atoms with Gasteiger partial charge in [-0.25, -0.2) is 9.37 Å². The van der Waals surface area contributed by atoms with Gasteiger partial charge in [-0.05, 0) is 48.2 Å². The summed E-state index contributed by atoms with van der Waals surface area (Å²) in [6.45, 7) is 17.5. The van der Waals surface area contributed by atoms with Gasteiger partial charge in [0.15, 0.2) is 25.2 Å². The maximum atomic E-state index is 14.9. The average molecular weight is 543 g/mol. The number of benzene rings is 1. The van der Waals surface area contributed by atoms with Crippen molar-refractivity contribution in [3.63, 3.8) is 0 Å². The predicted molar refractivity (Wildman–Crippen MR) is 136 cm³/mol. The second-order valence-electron chi connectivity index (χ2n) is 9.42. The van der Waals surface area contributed by atoms with Gasteiger partial charge in [0, 0.05) is 12.0 Å². The molecule has 2 rings (SSSR count). The van der Waals surface area contributed by atoms with Gasteiger partial charge in [-0.2, -0.15) is 0 Å². The Kier molecular flexibility index (Phi) is 9.33. The summed E-state index contributed by atoms with van der Waals surface area (Å²) in [5, 5.41) is 0. The number of alkyl halides is 1. The number of hydrogen-bond acceptors (Lipinski definition) is 5. The van der Waals surface area contributed by atoms with Crippen molar-refractivity contribution >= 4 is 35.5 Å². The van der Waals surface area contributed by atoms with Crippen molar-refractivity contribution in [2.75, 3.05) is 13.7 Å². The summed E-state index contributed by atoms with van der Waals surface area (Å²) in [5.41, 5.74) is 4.15. The first kappa shape index (κ1) is 27.6. The molecule has 0 saturated carbocycles. The molecule has 1 heterocycles. The molecule has 1 aromatic heterocycles. The van der Waals surface area contributed by atoms with Gasteiger partial charge in [0.2, 0.25) is 0 Å². The molecule has 1 aromatic carbocycles. The summed E-state index contributed by atoms with van der Waals surface area (Å²) in [7, 11) is -0.668. The predicted octanol–water partition coefficient (Wildman–Crippen LogP) is 6.61. The van der Waals surface area contributed by atoms with Crippen LogP contribution in [0.1, 0.15) is 75.9 Å². The Hall–Kier alpha value is -1.67. The third kappa shape index (κ3) is 5.37. The van der Waals surface area contributed by atoms with Crippen LogP contribution in [0.3, 0.4) is 0 Å². The minimum atomic E-state index is -2.05. The number of carbonyl (C=O) groups is 1. The van der Waals surface area contributed by atoms with Crippen molar-refractivity contribution in [2.45, 2.75) is 83.3 Å². The molecule has 0 aliphatic rings. The van der Waals surface area contributed by atoms with E-state index in [4.69, 9.17) is 18.9 Å². The van der Waals surface area contributed by atoms with Crippen LogP contribution in [-0.4, -0.2) is 32.7 Å². The Morgan fingerprint density at radius 2 is 1.73 bits per heavy atom. The molecule has 0 spiro atoms. The maximum Gasteiger partial charge on any atom is 0.324 e. The number of rotatable bonds is 10. The zero-order chi connectivity index (χ0) is 25.1. The highest BCUT2D eigenvalue weighted by molar-refractivity contribution is 9.09. The van der Waals surface area contributed by atoms with E-state index in [0.29, 0.717) is 34.2 Å². The lowest BCUT2D eigenvalue weighted by atomic mass is 10.0. The molecule has 0 amide bonds. The molecule has 0 bridgehead atoms. The third-order valence-electron chi connectivity index (χ3n) is 6.60. The molecule has 5 nitrogen and oxygen atoms in total. The fraction of sp³-hybridized carbons (Fsp3) is 0.600. The Morgan fingerprint density at radius 1 is 1.15 bits per heavy atom. The van der Waals surface area contributed by atoms with Gasteiger partial charge >= 0.3 is 5.97 Å². The monoisotopic (exact) mass is 541 g/mol. The quantitative estimate of drug-likeness (QED) is 0.192. The molecule has 33 heavy (non-hydrogen) atoms. The van der Waals surface area contributed by atoms with E-state index in [1.54, 1.807) is 13.0 Å². The number of carbonyl (C=O) groups excluding carboxylic acids is 1. The highest BCUT2D eigenvalue weighted by Crippen LogP contribution is 2.41. The average Bonchev–Trinajstić information content (AvgIpc) is 3.06. The first-order chi connectivity index (χ1) is 15.4. The summed E-state index contributed by atoms with van der Waals surface area (Å²) in [4.78, 5) is 16.3. The lowest BCUT2D eigenvalue weighted by molar-refractivity contribution is -0.142. The van der Waals surface area contributed by atoms with Crippen molar-refractivity contribution in [1.82, 2.24) is 4.98 Å². The molecule has 0 saturated heterocycles. The highest BCUT2D eigenvalue weighted by Gasteiger charge is 2.49. The van der Waals surface area contributed by atoms with Crippen LogP contribution in [0.2, 0.25) is 16.6 Å². The van der Waals surface area contributed by atoms with Crippen LogP contribution in [0.5, 0.6) is 5.75 Å². The largest absolute Gasteiger partial charge is 0.493 e. The van der Waals surface area contributed by atoms with Gasteiger partial charge in [-0.1, -0.05) is 57.5 Å². The molecule has 1 atom stereocenters. The second kappa shape index (κ2) is 11.2. The molecular weight excluding hydrogens is 505 g/mol. The zero-order valence-electron chi connectivity index (χ0n) is 21.2. The summed E-state index contributed by atoms with van der Waals surface area (Å²) >= 11 is 3.34. The molecule has 0 N–H and O–H groups in total. The van der Waals surface area contributed by atoms with Crippen molar-refractivity contribution in [2.24, 2.45) is 0 Å². The van der Waals surface area contributed by atoms with Gasteiger partial charge < -0.3 is 13.9 Å². The SMILES string of the molecule is CCOC(=O)C(Br)c1cc(Cc2oc([Si](C(C)C)(C(C)C)C(C)C)nc2C)cc(F)c1OC. The Labute approximate surface area is 206 Å². The van der Waals surface area contributed by atoms with E-state index in [0.717, 1.165) is 17.0 Å². The van der Waals surface area contributed by atoms with Crippen LogP contribution >= 0.6 is 15.9 Å². The molecule has 8 heteroatoms. The van der Waals surface area contributed by atoms with Gasteiger partial charge in [-0.15, -0.1) is 0 Å². The fourth-order valence-corrected chi connectivity index (χ4v) is 11.8. The van der Waals surface area contributed by atoms with E-state index >= 15 is 0 Å². The van der Waals surface area contributed by atoms with E-state index in [1.807, 2.05) is 6.92 Å². The maximum absolute atomic E-state index is 14.9.